The molecule has 0 aliphatic rings. The third kappa shape index (κ3) is 4.00. The van der Waals surface area contributed by atoms with Crippen molar-refractivity contribution >= 4 is 5.91 Å². The highest BCUT2D eigenvalue weighted by Gasteiger charge is 2.13. The molecule has 6 heteroatoms. The van der Waals surface area contributed by atoms with E-state index in [-0.39, 0.29) is 12.4 Å². The van der Waals surface area contributed by atoms with Crippen LogP contribution in [0.3, 0.4) is 0 Å². The van der Waals surface area contributed by atoms with E-state index in [0.717, 1.165) is 12.1 Å². The highest BCUT2D eigenvalue weighted by Crippen LogP contribution is 2.17. The Hall–Kier alpha value is -2.50. The molecular weight excluding hydrogens is 295 g/mol. The van der Waals surface area contributed by atoms with E-state index in [9.17, 15) is 18.0 Å². The van der Waals surface area contributed by atoms with Gasteiger partial charge in [0.25, 0.3) is 5.91 Å². The maximum absolute atomic E-state index is 13.3. The topological polar surface area (TPSA) is 38.3 Å². The summed E-state index contributed by atoms with van der Waals surface area (Å²) in [6, 6.07) is 8.56. The highest BCUT2D eigenvalue weighted by molar-refractivity contribution is 5.78. The van der Waals surface area contributed by atoms with Gasteiger partial charge in [0.2, 0.25) is 0 Å². The van der Waals surface area contributed by atoms with E-state index in [2.05, 4.69) is 5.32 Å². The van der Waals surface area contributed by atoms with Crippen molar-refractivity contribution in [2.75, 3.05) is 6.61 Å². The second kappa shape index (κ2) is 6.98. The molecule has 0 spiro atoms. The van der Waals surface area contributed by atoms with Crippen LogP contribution in [0.1, 0.15) is 18.5 Å². The second-order valence-electron chi connectivity index (χ2n) is 4.68. The molecule has 0 aromatic heterocycles. The van der Waals surface area contributed by atoms with E-state index in [4.69, 9.17) is 4.74 Å². The molecule has 22 heavy (non-hydrogen) atoms. The van der Waals surface area contributed by atoms with Crippen LogP contribution in [0, 0.1) is 17.5 Å². The zero-order valence-corrected chi connectivity index (χ0v) is 11.8. The van der Waals surface area contributed by atoms with Crippen LogP contribution in [0.15, 0.2) is 42.5 Å². The Morgan fingerprint density at radius 2 is 1.82 bits per heavy atom. The van der Waals surface area contributed by atoms with Crippen molar-refractivity contribution in [1.82, 2.24) is 5.32 Å². The summed E-state index contributed by atoms with van der Waals surface area (Å²) in [4.78, 5) is 11.7. The van der Waals surface area contributed by atoms with Crippen molar-refractivity contribution in [1.29, 1.82) is 0 Å². The molecule has 0 radical (unpaired) electrons. The number of benzene rings is 2. The van der Waals surface area contributed by atoms with Gasteiger partial charge < -0.3 is 10.1 Å². The smallest absolute Gasteiger partial charge is 0.258 e. The van der Waals surface area contributed by atoms with Crippen LogP contribution in [0.2, 0.25) is 0 Å². The molecule has 1 atom stereocenters. The van der Waals surface area contributed by atoms with Crippen LogP contribution in [0.25, 0.3) is 0 Å². The van der Waals surface area contributed by atoms with E-state index < -0.39 is 29.4 Å². The molecule has 0 heterocycles. The minimum Gasteiger partial charge on any atom is -0.481 e. The average Bonchev–Trinajstić information content (AvgIpc) is 2.49. The first kappa shape index (κ1) is 15.9. The van der Waals surface area contributed by atoms with E-state index in [0.29, 0.717) is 5.56 Å². The lowest BCUT2D eigenvalue weighted by molar-refractivity contribution is -0.123. The standard InChI is InChI=1S/C16H14F3NO2/c1-10(11-6-7-12(17)14(19)8-11)20-16(21)9-22-15-5-3-2-4-13(15)18/h2-8,10H,9H2,1H3,(H,20,21). The number of halogens is 3. The van der Waals surface area contributed by atoms with Gasteiger partial charge in [-0.3, -0.25) is 4.79 Å². The fourth-order valence-corrected chi connectivity index (χ4v) is 1.85. The molecule has 0 bridgehead atoms. The lowest BCUT2D eigenvalue weighted by Gasteiger charge is -2.15. The Labute approximate surface area is 125 Å². The van der Waals surface area contributed by atoms with Crippen LogP contribution < -0.4 is 10.1 Å². The molecule has 0 saturated heterocycles. The van der Waals surface area contributed by atoms with Gasteiger partial charge in [0.1, 0.15) is 0 Å². The molecular formula is C16H14F3NO2. The van der Waals surface area contributed by atoms with Crippen LogP contribution in [0.5, 0.6) is 5.75 Å². The highest BCUT2D eigenvalue weighted by atomic mass is 19.2. The molecule has 2 aromatic rings. The first-order valence-electron chi connectivity index (χ1n) is 6.59. The number of amides is 1. The quantitative estimate of drug-likeness (QED) is 0.920. The van der Waals surface area contributed by atoms with Crippen molar-refractivity contribution < 1.29 is 22.7 Å². The number of ether oxygens (including phenoxy) is 1. The fraction of sp³-hybridized carbons (Fsp3) is 0.188. The van der Waals surface area contributed by atoms with Gasteiger partial charge in [-0.1, -0.05) is 18.2 Å². The number of para-hydroxylation sites is 1. The van der Waals surface area contributed by atoms with Crippen LogP contribution in [-0.2, 0) is 4.79 Å². The summed E-state index contributed by atoms with van der Waals surface area (Å²) in [6.45, 7) is 1.24. The molecule has 0 aliphatic heterocycles. The Balaban J connectivity index is 1.91. The summed E-state index contributed by atoms with van der Waals surface area (Å²) in [7, 11) is 0. The lowest BCUT2D eigenvalue weighted by atomic mass is 10.1. The zero-order valence-electron chi connectivity index (χ0n) is 11.8. The maximum atomic E-state index is 13.3. The SMILES string of the molecule is CC(NC(=O)COc1ccccc1F)c1ccc(F)c(F)c1. The number of rotatable bonds is 5. The van der Waals surface area contributed by atoms with Gasteiger partial charge in [0.05, 0.1) is 6.04 Å². The molecule has 1 unspecified atom stereocenters. The summed E-state index contributed by atoms with van der Waals surface area (Å²) in [5.41, 5.74) is 0.415. The molecule has 0 aliphatic carbocycles. The van der Waals surface area contributed by atoms with E-state index in [1.165, 1.54) is 24.3 Å². The van der Waals surface area contributed by atoms with Gasteiger partial charge in [-0.05, 0) is 36.8 Å². The summed E-state index contributed by atoms with van der Waals surface area (Å²) in [6.07, 6.45) is 0. The third-order valence-electron chi connectivity index (χ3n) is 3.02. The Kier molecular flexibility index (Phi) is 5.04. The van der Waals surface area contributed by atoms with Crippen molar-refractivity contribution in [2.45, 2.75) is 13.0 Å². The number of carbonyl (C=O) groups is 1. The van der Waals surface area contributed by atoms with E-state index in [1.54, 1.807) is 13.0 Å². The Morgan fingerprint density at radius 1 is 1.09 bits per heavy atom. The zero-order chi connectivity index (χ0) is 16.1. The number of nitrogens with one attached hydrogen (secondary N) is 1. The maximum Gasteiger partial charge on any atom is 0.258 e. The molecule has 0 saturated carbocycles. The summed E-state index contributed by atoms with van der Waals surface area (Å²) >= 11 is 0. The monoisotopic (exact) mass is 309 g/mol. The predicted octanol–water partition coefficient (Wildman–Crippen LogP) is 3.36. The molecule has 0 fully saturated rings. The summed E-state index contributed by atoms with van der Waals surface area (Å²) in [5.74, 6) is -3.03. The number of hydrogen-bond acceptors (Lipinski definition) is 2. The van der Waals surface area contributed by atoms with Gasteiger partial charge in [-0.15, -0.1) is 0 Å². The second-order valence-corrected chi connectivity index (χ2v) is 4.68. The summed E-state index contributed by atoms with van der Waals surface area (Å²) in [5, 5.41) is 2.56. The van der Waals surface area contributed by atoms with Gasteiger partial charge >= 0.3 is 0 Å². The van der Waals surface area contributed by atoms with E-state index in [1.807, 2.05) is 0 Å². The van der Waals surface area contributed by atoms with Gasteiger partial charge in [-0.25, -0.2) is 13.2 Å². The largest absolute Gasteiger partial charge is 0.481 e. The molecule has 116 valence electrons. The summed E-state index contributed by atoms with van der Waals surface area (Å²) < 4.78 is 44.4. The third-order valence-corrected chi connectivity index (χ3v) is 3.02. The van der Waals surface area contributed by atoms with Crippen molar-refractivity contribution in [3.05, 3.63) is 65.5 Å². The Morgan fingerprint density at radius 3 is 2.50 bits per heavy atom. The van der Waals surface area contributed by atoms with Crippen molar-refractivity contribution in [3.63, 3.8) is 0 Å². The normalized spacial score (nSPS) is 11.8. The molecule has 3 nitrogen and oxygen atoms in total. The first-order chi connectivity index (χ1) is 10.5. The van der Waals surface area contributed by atoms with Gasteiger partial charge in [0, 0.05) is 0 Å². The lowest BCUT2D eigenvalue weighted by Crippen LogP contribution is -2.31. The minimum absolute atomic E-state index is 0.0295. The molecule has 1 amide bonds. The van der Waals surface area contributed by atoms with Gasteiger partial charge in [0.15, 0.2) is 29.8 Å². The molecule has 2 aromatic carbocycles. The fourth-order valence-electron chi connectivity index (χ4n) is 1.85. The van der Waals surface area contributed by atoms with Crippen LogP contribution >= 0.6 is 0 Å². The number of carbonyl (C=O) groups excluding carboxylic acids is 1. The van der Waals surface area contributed by atoms with Crippen LogP contribution in [0.4, 0.5) is 13.2 Å². The molecule has 1 N–H and O–H groups in total. The van der Waals surface area contributed by atoms with E-state index >= 15 is 0 Å². The Bertz CT molecular complexity index is 676. The molecule has 2 rings (SSSR count). The number of hydrogen-bond donors (Lipinski definition) is 1. The van der Waals surface area contributed by atoms with Crippen LogP contribution in [-0.4, -0.2) is 12.5 Å². The minimum atomic E-state index is -0.985. The first-order valence-corrected chi connectivity index (χ1v) is 6.59. The van der Waals surface area contributed by atoms with Crippen molar-refractivity contribution in [3.8, 4) is 5.75 Å². The predicted molar refractivity (Wildman–Crippen MR) is 74.8 cm³/mol. The average molecular weight is 309 g/mol. The van der Waals surface area contributed by atoms with Crippen molar-refractivity contribution in [2.24, 2.45) is 0 Å². The van der Waals surface area contributed by atoms with Gasteiger partial charge in [-0.2, -0.15) is 0 Å².